The zero-order chi connectivity index (χ0) is 27.6. The molecule has 8 nitrogen and oxygen atoms in total. The molecule has 0 bridgehead atoms. The minimum Gasteiger partial charge on any atom is -0.467 e. The smallest absolute Gasteiger partial charge is 0.274 e. The number of aliphatic hydroxyl groups is 1. The molecule has 1 fully saturated rings. The number of sulfonamides is 1. The summed E-state index contributed by atoms with van der Waals surface area (Å²) in [5, 5.41) is 10.6. The molecule has 0 unspecified atom stereocenters. The monoisotopic (exact) mass is 570 g/mol. The van der Waals surface area contributed by atoms with Crippen LogP contribution >= 0.6 is 11.3 Å². The molecule has 2 aliphatic rings. The van der Waals surface area contributed by atoms with E-state index in [1.165, 1.54) is 5.56 Å². The van der Waals surface area contributed by atoms with Crippen LogP contribution in [-0.2, 0) is 10.0 Å². The number of rotatable bonds is 9. The Labute approximate surface area is 235 Å². The van der Waals surface area contributed by atoms with Crippen LogP contribution in [0.2, 0.25) is 0 Å². The Morgan fingerprint density at radius 1 is 1.15 bits per heavy atom. The molecule has 3 aromatic rings. The van der Waals surface area contributed by atoms with Crippen molar-refractivity contribution in [3.05, 3.63) is 53.7 Å². The summed E-state index contributed by atoms with van der Waals surface area (Å²) in [6.45, 7) is 8.15. The number of nitrogens with zero attached hydrogens (tertiary/aromatic N) is 4. The highest BCUT2D eigenvalue weighted by Gasteiger charge is 2.26. The van der Waals surface area contributed by atoms with Gasteiger partial charge in [-0.2, -0.15) is 4.31 Å². The molecular weight excluding hydrogens is 532 g/mol. The van der Waals surface area contributed by atoms with Crippen LogP contribution in [0.4, 0.5) is 5.82 Å². The van der Waals surface area contributed by atoms with Gasteiger partial charge in [-0.15, -0.1) is 0 Å². The Bertz CT molecular complexity index is 1420. The van der Waals surface area contributed by atoms with E-state index in [9.17, 15) is 13.5 Å². The van der Waals surface area contributed by atoms with Gasteiger partial charge in [0.25, 0.3) is 5.19 Å². The Kier molecular flexibility index (Phi) is 8.28. The topological polar surface area (TPSA) is 95.9 Å². The molecule has 0 saturated carbocycles. The van der Waals surface area contributed by atoms with Gasteiger partial charge in [-0.05, 0) is 74.9 Å². The molecule has 1 N–H and O–H groups in total. The van der Waals surface area contributed by atoms with Gasteiger partial charge in [0.1, 0.15) is 11.9 Å². The minimum atomic E-state index is -3.33. The van der Waals surface area contributed by atoms with E-state index >= 15 is 0 Å². The number of benzene rings is 1. The number of ether oxygens (including phenoxy) is 1. The van der Waals surface area contributed by atoms with E-state index in [4.69, 9.17) is 9.72 Å². The molecule has 4 heterocycles. The maximum atomic E-state index is 12.7. The number of pyridine rings is 1. The highest BCUT2D eigenvalue weighted by Crippen LogP contribution is 2.34. The molecule has 0 aliphatic carbocycles. The third kappa shape index (κ3) is 7.16. The number of piperidine rings is 1. The lowest BCUT2D eigenvalue weighted by Crippen LogP contribution is -2.38. The number of fused-ring (bicyclic) bond motifs is 1. The van der Waals surface area contributed by atoms with E-state index < -0.39 is 15.6 Å². The summed E-state index contributed by atoms with van der Waals surface area (Å²) in [4.78, 5) is 11.6. The van der Waals surface area contributed by atoms with Crippen LogP contribution in [0, 0.1) is 6.92 Å². The van der Waals surface area contributed by atoms with Gasteiger partial charge in [0.15, 0.2) is 0 Å². The maximum Gasteiger partial charge on any atom is 0.274 e. The lowest BCUT2D eigenvalue weighted by Gasteiger charge is -2.32. The predicted octanol–water partition coefficient (Wildman–Crippen LogP) is 5.02. The lowest BCUT2D eigenvalue weighted by molar-refractivity contribution is 0.0704. The fourth-order valence-electron chi connectivity index (χ4n) is 5.13. The van der Waals surface area contributed by atoms with Crippen LogP contribution < -0.4 is 9.64 Å². The standard InChI is InChI=1S/C29H38N4O4S2/c1-21-5-8-27(30-20-21)32-14-11-24(12-15-32)37-28-31-25-7-6-23(19-26(25)38-28)22-9-16-33(17-10-22)39(35,36)18-4-13-29(2,3)34/h5-9,19-20,24,34H,4,10-18H2,1-3H3. The molecule has 5 rings (SSSR count). The first-order valence-corrected chi connectivity index (χ1v) is 16.1. The van der Waals surface area contributed by atoms with Crippen LogP contribution in [0.1, 0.15) is 57.1 Å². The summed E-state index contributed by atoms with van der Waals surface area (Å²) in [6.07, 6.45) is 7.53. The summed E-state index contributed by atoms with van der Waals surface area (Å²) < 4.78 is 34.4. The van der Waals surface area contributed by atoms with Gasteiger partial charge >= 0.3 is 0 Å². The van der Waals surface area contributed by atoms with Crippen LogP contribution in [0.25, 0.3) is 15.8 Å². The molecule has 2 aliphatic heterocycles. The highest BCUT2D eigenvalue weighted by molar-refractivity contribution is 7.89. The van der Waals surface area contributed by atoms with E-state index in [0.29, 0.717) is 37.5 Å². The van der Waals surface area contributed by atoms with E-state index in [-0.39, 0.29) is 11.9 Å². The Hall–Kier alpha value is -2.53. The fourth-order valence-corrected chi connectivity index (χ4v) is 7.49. The highest BCUT2D eigenvalue weighted by atomic mass is 32.2. The second-order valence-corrected chi connectivity index (χ2v) is 14.3. The van der Waals surface area contributed by atoms with Crippen molar-refractivity contribution in [3.63, 3.8) is 0 Å². The number of anilines is 1. The molecule has 0 atom stereocenters. The van der Waals surface area contributed by atoms with Crippen molar-refractivity contribution in [2.24, 2.45) is 0 Å². The zero-order valence-electron chi connectivity index (χ0n) is 23.0. The van der Waals surface area contributed by atoms with Crippen LogP contribution in [0.15, 0.2) is 42.6 Å². The van der Waals surface area contributed by atoms with Crippen molar-refractivity contribution in [1.82, 2.24) is 14.3 Å². The minimum absolute atomic E-state index is 0.0671. The third-order valence-electron chi connectivity index (χ3n) is 7.42. The Balaban J connectivity index is 1.17. The summed E-state index contributed by atoms with van der Waals surface area (Å²) >= 11 is 1.57. The molecule has 0 spiro atoms. The average molecular weight is 571 g/mol. The van der Waals surface area contributed by atoms with E-state index in [0.717, 1.165) is 53.1 Å². The third-order valence-corrected chi connectivity index (χ3v) is 10.3. The van der Waals surface area contributed by atoms with E-state index in [1.807, 2.05) is 25.3 Å². The summed E-state index contributed by atoms with van der Waals surface area (Å²) in [5.41, 5.74) is 3.51. The van der Waals surface area contributed by atoms with Gasteiger partial charge in [0, 0.05) is 45.2 Å². The predicted molar refractivity (Wildman–Crippen MR) is 158 cm³/mol. The second-order valence-electron chi connectivity index (χ2n) is 11.2. The number of aryl methyl sites for hydroxylation is 1. The summed E-state index contributed by atoms with van der Waals surface area (Å²) in [5.74, 6) is 1.09. The molecule has 39 heavy (non-hydrogen) atoms. The van der Waals surface area contributed by atoms with Crippen molar-refractivity contribution >= 4 is 43.0 Å². The van der Waals surface area contributed by atoms with Gasteiger partial charge in [0.2, 0.25) is 10.0 Å². The number of hydrogen-bond donors (Lipinski definition) is 1. The fraction of sp³-hybridized carbons (Fsp3) is 0.517. The first kappa shape index (κ1) is 28.0. The number of aromatic nitrogens is 2. The Morgan fingerprint density at radius 2 is 1.95 bits per heavy atom. The van der Waals surface area contributed by atoms with Crippen molar-refractivity contribution in [2.45, 2.75) is 64.6 Å². The quantitative estimate of drug-likeness (QED) is 0.386. The molecule has 0 amide bonds. The van der Waals surface area contributed by atoms with Gasteiger partial charge in [0.05, 0.1) is 21.6 Å². The SMILES string of the molecule is Cc1ccc(N2CCC(Oc3nc4ccc(C5=CCN(S(=O)(=O)CCCC(C)(C)O)CC5)cc4s3)CC2)nc1. The number of hydrogen-bond acceptors (Lipinski definition) is 8. The molecule has 10 heteroatoms. The molecule has 0 radical (unpaired) electrons. The molecular formula is C29H38N4O4S2. The summed E-state index contributed by atoms with van der Waals surface area (Å²) in [6, 6.07) is 10.4. The van der Waals surface area contributed by atoms with Crippen LogP contribution in [-0.4, -0.2) is 71.4 Å². The van der Waals surface area contributed by atoms with E-state index in [1.54, 1.807) is 29.5 Å². The summed E-state index contributed by atoms with van der Waals surface area (Å²) in [7, 11) is -3.33. The van der Waals surface area contributed by atoms with Crippen molar-refractivity contribution in [1.29, 1.82) is 0 Å². The van der Waals surface area contributed by atoms with Crippen molar-refractivity contribution in [3.8, 4) is 5.19 Å². The number of thiazole rings is 1. The van der Waals surface area contributed by atoms with Gasteiger partial charge < -0.3 is 14.7 Å². The average Bonchev–Trinajstić information content (AvgIpc) is 3.30. The normalized spacial score (nSPS) is 17.9. The first-order chi connectivity index (χ1) is 18.6. The van der Waals surface area contributed by atoms with Gasteiger partial charge in [-0.3, -0.25) is 0 Å². The first-order valence-electron chi connectivity index (χ1n) is 13.7. The zero-order valence-corrected chi connectivity index (χ0v) is 24.6. The molecule has 210 valence electrons. The van der Waals surface area contributed by atoms with Crippen LogP contribution in [0.5, 0.6) is 5.19 Å². The second kappa shape index (κ2) is 11.5. The maximum absolute atomic E-state index is 12.7. The lowest BCUT2D eigenvalue weighted by atomic mass is 10.0. The van der Waals surface area contributed by atoms with Crippen LogP contribution in [0.3, 0.4) is 0 Å². The van der Waals surface area contributed by atoms with Gasteiger partial charge in [-0.1, -0.05) is 29.5 Å². The molecule has 2 aromatic heterocycles. The van der Waals surface area contributed by atoms with Crippen molar-refractivity contribution < 1.29 is 18.3 Å². The Morgan fingerprint density at radius 3 is 2.62 bits per heavy atom. The molecule has 1 saturated heterocycles. The van der Waals surface area contributed by atoms with E-state index in [2.05, 4.69) is 34.1 Å². The largest absolute Gasteiger partial charge is 0.467 e. The van der Waals surface area contributed by atoms with Crippen molar-refractivity contribution in [2.75, 3.05) is 36.8 Å². The van der Waals surface area contributed by atoms with Gasteiger partial charge in [-0.25, -0.2) is 18.4 Å². The molecule has 1 aromatic carbocycles.